The third kappa shape index (κ3) is 2.57. The van der Waals surface area contributed by atoms with Gasteiger partial charge in [0, 0.05) is 19.2 Å². The summed E-state index contributed by atoms with van der Waals surface area (Å²) < 4.78 is 1.80. The van der Waals surface area contributed by atoms with E-state index in [2.05, 4.69) is 10.1 Å². The zero-order chi connectivity index (χ0) is 9.84. The van der Waals surface area contributed by atoms with E-state index in [4.69, 9.17) is 5.73 Å². The number of rotatable bonds is 3. The standard InChI is InChI=1S/C9H16N4/c1-7(2)9(10)11-6-8-4-5-12-13(8)3/h4-5,7H,6H2,1-3H3,(H2,10,11). The van der Waals surface area contributed by atoms with Gasteiger partial charge in [0.25, 0.3) is 0 Å². The first-order valence-electron chi connectivity index (χ1n) is 4.38. The molecule has 0 spiro atoms. The summed E-state index contributed by atoms with van der Waals surface area (Å²) in [6.45, 7) is 4.67. The van der Waals surface area contributed by atoms with Crippen LogP contribution in [-0.2, 0) is 13.6 Å². The van der Waals surface area contributed by atoms with E-state index < -0.39 is 0 Å². The van der Waals surface area contributed by atoms with Crippen LogP contribution in [0.4, 0.5) is 0 Å². The van der Waals surface area contributed by atoms with Gasteiger partial charge >= 0.3 is 0 Å². The second-order valence-corrected chi connectivity index (χ2v) is 3.34. The Labute approximate surface area is 78.5 Å². The second-order valence-electron chi connectivity index (χ2n) is 3.34. The van der Waals surface area contributed by atoms with Gasteiger partial charge in [0.2, 0.25) is 0 Å². The molecule has 0 aromatic carbocycles. The minimum atomic E-state index is 0.313. The smallest absolute Gasteiger partial charge is 0.0967 e. The molecule has 1 rings (SSSR count). The van der Waals surface area contributed by atoms with Gasteiger partial charge in [-0.05, 0) is 6.07 Å². The quantitative estimate of drug-likeness (QED) is 0.555. The summed E-state index contributed by atoms with van der Waals surface area (Å²) in [6.07, 6.45) is 1.76. The lowest BCUT2D eigenvalue weighted by Crippen LogP contribution is -2.19. The van der Waals surface area contributed by atoms with Gasteiger partial charge in [-0.2, -0.15) is 5.10 Å². The molecule has 0 unspecified atom stereocenters. The van der Waals surface area contributed by atoms with Gasteiger partial charge in [-0.15, -0.1) is 0 Å². The van der Waals surface area contributed by atoms with Crippen molar-refractivity contribution in [2.45, 2.75) is 20.4 Å². The van der Waals surface area contributed by atoms with Gasteiger partial charge in [0.15, 0.2) is 0 Å². The fourth-order valence-electron chi connectivity index (χ4n) is 0.911. The van der Waals surface area contributed by atoms with E-state index in [9.17, 15) is 0 Å². The summed E-state index contributed by atoms with van der Waals surface area (Å²) in [7, 11) is 1.90. The molecule has 2 N–H and O–H groups in total. The molecule has 4 heteroatoms. The molecule has 0 fully saturated rings. The maximum atomic E-state index is 5.70. The summed E-state index contributed by atoms with van der Waals surface area (Å²) in [6, 6.07) is 1.94. The highest BCUT2D eigenvalue weighted by Crippen LogP contribution is 2.00. The number of nitrogens with zero attached hydrogens (tertiary/aromatic N) is 3. The minimum Gasteiger partial charge on any atom is -0.387 e. The molecule has 0 aliphatic rings. The average Bonchev–Trinajstić information content (AvgIpc) is 2.47. The van der Waals surface area contributed by atoms with Crippen molar-refractivity contribution in [3.8, 4) is 0 Å². The number of amidine groups is 1. The summed E-state index contributed by atoms with van der Waals surface area (Å²) in [5.41, 5.74) is 6.78. The summed E-state index contributed by atoms with van der Waals surface area (Å²) in [4.78, 5) is 4.26. The number of aliphatic imine (C=N–C) groups is 1. The maximum absolute atomic E-state index is 5.70. The highest BCUT2D eigenvalue weighted by molar-refractivity contribution is 5.82. The first-order chi connectivity index (χ1) is 6.11. The van der Waals surface area contributed by atoms with Gasteiger partial charge in [0.05, 0.1) is 18.1 Å². The van der Waals surface area contributed by atoms with Crippen LogP contribution in [0.2, 0.25) is 0 Å². The van der Waals surface area contributed by atoms with Gasteiger partial charge in [-0.3, -0.25) is 9.67 Å². The molecule has 0 saturated carbocycles. The Bertz CT molecular complexity index is 298. The van der Waals surface area contributed by atoms with Crippen LogP contribution >= 0.6 is 0 Å². The summed E-state index contributed by atoms with van der Waals surface area (Å²) in [5.74, 6) is 1.01. The van der Waals surface area contributed by atoms with E-state index >= 15 is 0 Å². The Hall–Kier alpha value is -1.32. The van der Waals surface area contributed by atoms with E-state index in [-0.39, 0.29) is 0 Å². The van der Waals surface area contributed by atoms with Gasteiger partial charge in [-0.25, -0.2) is 0 Å². The molecule has 4 nitrogen and oxygen atoms in total. The van der Waals surface area contributed by atoms with Crippen LogP contribution in [0.5, 0.6) is 0 Å². The zero-order valence-electron chi connectivity index (χ0n) is 8.36. The van der Waals surface area contributed by atoms with E-state index in [1.165, 1.54) is 0 Å². The first kappa shape index (κ1) is 9.77. The number of hydrogen-bond donors (Lipinski definition) is 1. The van der Waals surface area contributed by atoms with Crippen molar-refractivity contribution < 1.29 is 0 Å². The predicted octanol–water partition coefficient (Wildman–Crippen LogP) is 0.933. The molecule has 0 atom stereocenters. The fourth-order valence-corrected chi connectivity index (χ4v) is 0.911. The lowest BCUT2D eigenvalue weighted by Gasteiger charge is -2.03. The Balaban J connectivity index is 2.61. The van der Waals surface area contributed by atoms with Gasteiger partial charge in [0.1, 0.15) is 0 Å². The second kappa shape index (κ2) is 4.07. The van der Waals surface area contributed by atoms with Gasteiger partial charge < -0.3 is 5.73 Å². The highest BCUT2D eigenvalue weighted by Gasteiger charge is 2.00. The molecular formula is C9H16N4. The third-order valence-electron chi connectivity index (χ3n) is 1.94. The van der Waals surface area contributed by atoms with Crippen molar-refractivity contribution in [3.05, 3.63) is 18.0 Å². The molecule has 1 aromatic heterocycles. The van der Waals surface area contributed by atoms with Crippen molar-refractivity contribution in [2.75, 3.05) is 0 Å². The SMILES string of the molecule is CC(C)C(N)=NCc1ccnn1C. The number of nitrogens with two attached hydrogens (primary N) is 1. The summed E-state index contributed by atoms with van der Waals surface area (Å²) >= 11 is 0. The van der Waals surface area contributed by atoms with E-state index in [1.54, 1.807) is 10.9 Å². The molecule has 0 bridgehead atoms. The Morgan fingerprint density at radius 1 is 1.69 bits per heavy atom. The molecule has 0 amide bonds. The van der Waals surface area contributed by atoms with Crippen molar-refractivity contribution in [3.63, 3.8) is 0 Å². The van der Waals surface area contributed by atoms with Crippen molar-refractivity contribution in [1.82, 2.24) is 9.78 Å². The molecule has 0 aliphatic heterocycles. The van der Waals surface area contributed by atoms with Crippen LogP contribution in [0.25, 0.3) is 0 Å². The summed E-state index contributed by atoms with van der Waals surface area (Å²) in [5, 5.41) is 4.05. The lowest BCUT2D eigenvalue weighted by molar-refractivity contribution is 0.709. The van der Waals surface area contributed by atoms with Crippen molar-refractivity contribution in [1.29, 1.82) is 0 Å². The van der Waals surface area contributed by atoms with Crippen molar-refractivity contribution >= 4 is 5.84 Å². The molecule has 0 radical (unpaired) electrons. The molecule has 13 heavy (non-hydrogen) atoms. The molecular weight excluding hydrogens is 164 g/mol. The Morgan fingerprint density at radius 2 is 2.38 bits per heavy atom. The largest absolute Gasteiger partial charge is 0.387 e. The van der Waals surface area contributed by atoms with Crippen LogP contribution in [0.15, 0.2) is 17.3 Å². The van der Waals surface area contributed by atoms with E-state index in [1.807, 2.05) is 27.0 Å². The van der Waals surface area contributed by atoms with Crippen molar-refractivity contribution in [2.24, 2.45) is 23.7 Å². The fraction of sp³-hybridized carbons (Fsp3) is 0.556. The van der Waals surface area contributed by atoms with Gasteiger partial charge in [-0.1, -0.05) is 13.8 Å². The normalized spacial score (nSPS) is 12.5. The zero-order valence-corrected chi connectivity index (χ0v) is 8.36. The Morgan fingerprint density at radius 3 is 2.85 bits per heavy atom. The maximum Gasteiger partial charge on any atom is 0.0967 e. The predicted molar refractivity (Wildman–Crippen MR) is 53.4 cm³/mol. The van der Waals surface area contributed by atoms with Crippen LogP contribution in [-0.4, -0.2) is 15.6 Å². The molecule has 0 aliphatic carbocycles. The third-order valence-corrected chi connectivity index (χ3v) is 1.94. The first-order valence-corrected chi connectivity index (χ1v) is 4.38. The topological polar surface area (TPSA) is 56.2 Å². The highest BCUT2D eigenvalue weighted by atomic mass is 15.3. The van der Waals surface area contributed by atoms with Crippen LogP contribution in [0, 0.1) is 5.92 Å². The molecule has 1 heterocycles. The van der Waals surface area contributed by atoms with Crippen LogP contribution in [0.3, 0.4) is 0 Å². The lowest BCUT2D eigenvalue weighted by atomic mass is 10.2. The molecule has 1 aromatic rings. The molecule has 0 saturated heterocycles. The molecule has 72 valence electrons. The number of hydrogen-bond acceptors (Lipinski definition) is 2. The number of aromatic nitrogens is 2. The van der Waals surface area contributed by atoms with Crippen LogP contribution < -0.4 is 5.73 Å². The Kier molecular flexibility index (Phi) is 3.06. The minimum absolute atomic E-state index is 0.313. The van der Waals surface area contributed by atoms with Crippen LogP contribution in [0.1, 0.15) is 19.5 Å². The average molecular weight is 180 g/mol. The number of aryl methyl sites for hydroxylation is 1. The monoisotopic (exact) mass is 180 g/mol. The van der Waals surface area contributed by atoms with E-state index in [0.717, 1.165) is 5.69 Å². The van der Waals surface area contributed by atoms with E-state index in [0.29, 0.717) is 18.3 Å².